The molecule has 0 spiro atoms. The largest absolute Gasteiger partial charge is 0.496 e. The number of benzene rings is 2. The molecule has 6 heteroatoms. The van der Waals surface area contributed by atoms with Crippen LogP contribution < -0.4 is 14.5 Å². The van der Waals surface area contributed by atoms with Crippen LogP contribution in [0.2, 0.25) is 0 Å². The minimum absolute atomic E-state index is 0.0164. The molecule has 1 fully saturated rings. The van der Waals surface area contributed by atoms with Crippen molar-refractivity contribution in [1.82, 2.24) is 4.90 Å². The SMILES string of the molecule is COc1ccccc1C(=O)N1CCN(c2ccc3c(c2)CCC(=O)N3C)CC1. The second kappa shape index (κ2) is 7.54. The van der Waals surface area contributed by atoms with Crippen molar-refractivity contribution in [2.45, 2.75) is 12.8 Å². The number of amides is 2. The lowest BCUT2D eigenvalue weighted by atomic mass is 10.0. The summed E-state index contributed by atoms with van der Waals surface area (Å²) in [6.45, 7) is 2.92. The lowest BCUT2D eigenvalue weighted by molar-refractivity contribution is -0.118. The molecule has 0 aliphatic carbocycles. The number of piperazine rings is 1. The molecule has 2 amide bonds. The first-order valence-corrected chi connectivity index (χ1v) is 9.65. The third-order valence-electron chi connectivity index (χ3n) is 5.68. The number of nitrogens with zero attached hydrogens (tertiary/aromatic N) is 3. The Hall–Kier alpha value is -3.02. The highest BCUT2D eigenvalue weighted by molar-refractivity contribution is 5.97. The number of para-hydroxylation sites is 1. The first-order chi connectivity index (χ1) is 13.6. The molecule has 2 aliphatic rings. The molecule has 4 rings (SSSR count). The van der Waals surface area contributed by atoms with E-state index in [4.69, 9.17) is 4.74 Å². The minimum Gasteiger partial charge on any atom is -0.496 e. The van der Waals surface area contributed by atoms with Crippen LogP contribution in [0.4, 0.5) is 11.4 Å². The first kappa shape index (κ1) is 18.3. The van der Waals surface area contributed by atoms with Gasteiger partial charge in [-0.25, -0.2) is 0 Å². The van der Waals surface area contributed by atoms with Crippen molar-refractivity contribution in [3.63, 3.8) is 0 Å². The Morgan fingerprint density at radius 2 is 1.75 bits per heavy atom. The molecule has 0 atom stereocenters. The molecular weight excluding hydrogens is 354 g/mol. The van der Waals surface area contributed by atoms with E-state index in [0.717, 1.165) is 30.9 Å². The van der Waals surface area contributed by atoms with E-state index < -0.39 is 0 Å². The third kappa shape index (κ3) is 3.30. The van der Waals surface area contributed by atoms with Gasteiger partial charge in [0, 0.05) is 51.0 Å². The van der Waals surface area contributed by atoms with Gasteiger partial charge in [0.05, 0.1) is 12.7 Å². The molecule has 28 heavy (non-hydrogen) atoms. The van der Waals surface area contributed by atoms with Gasteiger partial charge in [-0.1, -0.05) is 12.1 Å². The van der Waals surface area contributed by atoms with Gasteiger partial charge in [0.2, 0.25) is 5.91 Å². The van der Waals surface area contributed by atoms with Gasteiger partial charge in [0.25, 0.3) is 5.91 Å². The number of aryl methyl sites for hydroxylation is 1. The van der Waals surface area contributed by atoms with Crippen molar-refractivity contribution in [2.75, 3.05) is 50.1 Å². The van der Waals surface area contributed by atoms with Gasteiger partial charge >= 0.3 is 0 Å². The summed E-state index contributed by atoms with van der Waals surface area (Å²) in [5, 5.41) is 0. The number of rotatable bonds is 3. The van der Waals surface area contributed by atoms with Gasteiger partial charge < -0.3 is 19.4 Å². The van der Waals surface area contributed by atoms with E-state index in [1.165, 1.54) is 5.56 Å². The monoisotopic (exact) mass is 379 g/mol. The summed E-state index contributed by atoms with van der Waals surface area (Å²) in [6.07, 6.45) is 1.35. The number of methoxy groups -OCH3 is 1. The van der Waals surface area contributed by atoms with Crippen molar-refractivity contribution in [3.8, 4) is 5.75 Å². The van der Waals surface area contributed by atoms with Crippen molar-refractivity contribution in [1.29, 1.82) is 0 Å². The van der Waals surface area contributed by atoms with Gasteiger partial charge in [-0.15, -0.1) is 0 Å². The summed E-state index contributed by atoms with van der Waals surface area (Å²) in [6, 6.07) is 13.7. The van der Waals surface area contributed by atoms with E-state index in [-0.39, 0.29) is 11.8 Å². The topological polar surface area (TPSA) is 53.1 Å². The molecular formula is C22H25N3O3. The predicted octanol–water partition coefficient (Wildman–Crippen LogP) is 2.57. The van der Waals surface area contributed by atoms with Gasteiger partial charge in [-0.2, -0.15) is 0 Å². The number of ether oxygens (including phenoxy) is 1. The van der Waals surface area contributed by atoms with Gasteiger partial charge in [0.1, 0.15) is 5.75 Å². The number of anilines is 2. The fourth-order valence-electron chi connectivity index (χ4n) is 4.00. The molecule has 0 aromatic heterocycles. The molecule has 2 aliphatic heterocycles. The summed E-state index contributed by atoms with van der Waals surface area (Å²) < 4.78 is 5.33. The number of fused-ring (bicyclic) bond motifs is 1. The maximum absolute atomic E-state index is 12.9. The summed E-state index contributed by atoms with van der Waals surface area (Å²) in [7, 11) is 3.42. The van der Waals surface area contributed by atoms with Crippen LogP contribution in [-0.2, 0) is 11.2 Å². The smallest absolute Gasteiger partial charge is 0.257 e. The van der Waals surface area contributed by atoms with Crippen LogP contribution >= 0.6 is 0 Å². The van der Waals surface area contributed by atoms with Gasteiger partial charge in [0.15, 0.2) is 0 Å². The molecule has 0 unspecified atom stereocenters. The van der Waals surface area contributed by atoms with E-state index in [0.29, 0.717) is 30.8 Å². The molecule has 0 radical (unpaired) electrons. The number of carbonyl (C=O) groups is 2. The Balaban J connectivity index is 1.45. The standard InChI is InChI=1S/C22H25N3O3/c1-23-19-9-8-17(15-16(19)7-10-21(23)26)24-11-13-25(14-12-24)22(27)18-5-3-4-6-20(18)28-2/h3-6,8-9,15H,7,10-14H2,1-2H3. The van der Waals surface area contributed by atoms with Crippen molar-refractivity contribution >= 4 is 23.2 Å². The second-order valence-electron chi connectivity index (χ2n) is 7.25. The van der Waals surface area contributed by atoms with E-state index in [2.05, 4.69) is 17.0 Å². The Morgan fingerprint density at radius 1 is 1.00 bits per heavy atom. The van der Waals surface area contributed by atoms with Gasteiger partial charge in [-0.3, -0.25) is 9.59 Å². The van der Waals surface area contributed by atoms with Crippen LogP contribution in [0.3, 0.4) is 0 Å². The van der Waals surface area contributed by atoms with Crippen molar-refractivity contribution in [3.05, 3.63) is 53.6 Å². The molecule has 0 saturated carbocycles. The van der Waals surface area contributed by atoms with Crippen LogP contribution in [0.25, 0.3) is 0 Å². The predicted molar refractivity (Wildman–Crippen MR) is 109 cm³/mol. The first-order valence-electron chi connectivity index (χ1n) is 9.65. The van der Waals surface area contributed by atoms with Crippen LogP contribution in [-0.4, -0.2) is 57.1 Å². The molecule has 146 valence electrons. The number of hydrogen-bond donors (Lipinski definition) is 0. The summed E-state index contributed by atoms with van der Waals surface area (Å²) >= 11 is 0. The van der Waals surface area contributed by atoms with E-state index >= 15 is 0 Å². The molecule has 2 heterocycles. The quantitative estimate of drug-likeness (QED) is 0.823. The molecule has 0 bridgehead atoms. The summed E-state index contributed by atoms with van der Waals surface area (Å²) in [4.78, 5) is 30.7. The van der Waals surface area contributed by atoms with Crippen LogP contribution in [0.15, 0.2) is 42.5 Å². The molecule has 2 aromatic carbocycles. The second-order valence-corrected chi connectivity index (χ2v) is 7.25. The Morgan fingerprint density at radius 3 is 2.50 bits per heavy atom. The van der Waals surface area contributed by atoms with E-state index in [9.17, 15) is 9.59 Å². The van der Waals surface area contributed by atoms with Crippen LogP contribution in [0.1, 0.15) is 22.3 Å². The molecule has 0 N–H and O–H groups in total. The maximum atomic E-state index is 12.9. The average Bonchev–Trinajstić information content (AvgIpc) is 2.75. The summed E-state index contributed by atoms with van der Waals surface area (Å²) in [5.74, 6) is 0.801. The van der Waals surface area contributed by atoms with Crippen molar-refractivity contribution < 1.29 is 14.3 Å². The Kier molecular flexibility index (Phi) is 4.94. The fraction of sp³-hybridized carbons (Fsp3) is 0.364. The number of hydrogen-bond acceptors (Lipinski definition) is 4. The zero-order chi connectivity index (χ0) is 19.7. The minimum atomic E-state index is 0.0164. The Bertz CT molecular complexity index is 904. The van der Waals surface area contributed by atoms with Crippen molar-refractivity contribution in [2.24, 2.45) is 0 Å². The van der Waals surface area contributed by atoms with Gasteiger partial charge in [-0.05, 0) is 42.3 Å². The summed E-state index contributed by atoms with van der Waals surface area (Å²) in [5.41, 5.74) is 3.99. The molecule has 1 saturated heterocycles. The molecule has 2 aromatic rings. The average molecular weight is 379 g/mol. The normalized spacial score (nSPS) is 16.8. The lowest BCUT2D eigenvalue weighted by Crippen LogP contribution is -2.49. The maximum Gasteiger partial charge on any atom is 0.257 e. The van der Waals surface area contributed by atoms with Crippen LogP contribution in [0.5, 0.6) is 5.75 Å². The third-order valence-corrected chi connectivity index (χ3v) is 5.68. The highest BCUT2D eigenvalue weighted by Gasteiger charge is 2.26. The van der Waals surface area contributed by atoms with E-state index in [1.807, 2.05) is 42.3 Å². The number of carbonyl (C=O) groups excluding carboxylic acids is 2. The lowest BCUT2D eigenvalue weighted by Gasteiger charge is -2.37. The van der Waals surface area contributed by atoms with E-state index in [1.54, 1.807) is 12.0 Å². The zero-order valence-electron chi connectivity index (χ0n) is 16.4. The van der Waals surface area contributed by atoms with Crippen LogP contribution in [0, 0.1) is 0 Å². The molecule has 6 nitrogen and oxygen atoms in total. The highest BCUT2D eigenvalue weighted by Crippen LogP contribution is 2.31. The zero-order valence-corrected chi connectivity index (χ0v) is 16.4. The fourth-order valence-corrected chi connectivity index (χ4v) is 4.00. The highest BCUT2D eigenvalue weighted by atomic mass is 16.5. The Labute approximate surface area is 165 Å².